The van der Waals surface area contributed by atoms with Crippen molar-refractivity contribution in [2.24, 2.45) is 35.5 Å². The predicted molar refractivity (Wildman–Crippen MR) is 183 cm³/mol. The summed E-state index contributed by atoms with van der Waals surface area (Å²) in [6.45, 7) is 0. The Bertz CT molecular complexity index is 1800. The lowest BCUT2D eigenvalue weighted by Crippen LogP contribution is -2.53. The first-order valence-electron chi connectivity index (χ1n) is 18.7. The molecule has 0 radical (unpaired) electrons. The lowest BCUT2D eigenvalue weighted by atomic mass is 9.43. The van der Waals surface area contributed by atoms with Crippen molar-refractivity contribution in [2.45, 2.75) is 93.3 Å². The van der Waals surface area contributed by atoms with Crippen molar-refractivity contribution in [3.05, 3.63) is 130 Å². The fraction of sp³-hybridized carbons (Fsp3) is 0.467. The first kappa shape index (κ1) is 27.7. The zero-order valence-corrected chi connectivity index (χ0v) is 27.3. The van der Waals surface area contributed by atoms with E-state index in [2.05, 4.69) is 36.4 Å². The topological polar surface area (TPSA) is 0 Å². The van der Waals surface area contributed by atoms with Crippen molar-refractivity contribution in [1.82, 2.24) is 0 Å². The zero-order chi connectivity index (χ0) is 31.1. The standard InChI is InChI=1S/C45H44F2/c46-35-9-5-33(6-10-35)45(34-7-11-36(47)12-8-34)39-4-2-1-3-37(39)38-13-14-40(43-21-27-15-28(22-43)17-29(16-27)23-43)42(41(38)45)44-24-30-18-31(25-44)20-32(19-30)26-44/h1-14,27-32H,15-26H2. The molecular formula is C45H44F2. The van der Waals surface area contributed by atoms with Crippen LogP contribution < -0.4 is 0 Å². The molecule has 0 unspecified atom stereocenters. The van der Waals surface area contributed by atoms with Crippen LogP contribution in [0.2, 0.25) is 0 Å². The van der Waals surface area contributed by atoms with Crippen LogP contribution >= 0.6 is 0 Å². The zero-order valence-electron chi connectivity index (χ0n) is 27.3. The Hall–Kier alpha value is -3.26. The molecule has 0 amide bonds. The number of benzene rings is 4. The molecule has 0 saturated heterocycles. The van der Waals surface area contributed by atoms with E-state index in [1.54, 1.807) is 35.4 Å². The molecule has 0 heterocycles. The van der Waals surface area contributed by atoms with Gasteiger partial charge in [-0.15, -0.1) is 0 Å². The van der Waals surface area contributed by atoms with E-state index < -0.39 is 5.41 Å². The van der Waals surface area contributed by atoms with E-state index in [4.69, 9.17) is 0 Å². The molecule has 8 fully saturated rings. The minimum Gasteiger partial charge on any atom is -0.207 e. The lowest BCUT2D eigenvalue weighted by Gasteiger charge is -2.61. The molecule has 0 aromatic heterocycles. The number of halogens is 2. The molecule has 238 valence electrons. The summed E-state index contributed by atoms with van der Waals surface area (Å²) in [5, 5.41) is 0. The van der Waals surface area contributed by atoms with Crippen molar-refractivity contribution in [3.63, 3.8) is 0 Å². The predicted octanol–water partition coefficient (Wildman–Crippen LogP) is 11.3. The number of hydrogen-bond donors (Lipinski definition) is 0. The van der Waals surface area contributed by atoms with Gasteiger partial charge in [-0.3, -0.25) is 0 Å². The number of rotatable bonds is 4. The maximum Gasteiger partial charge on any atom is 0.123 e. The lowest BCUT2D eigenvalue weighted by molar-refractivity contribution is -0.0178. The monoisotopic (exact) mass is 622 g/mol. The molecule has 9 aliphatic rings. The molecule has 4 aromatic carbocycles. The van der Waals surface area contributed by atoms with Gasteiger partial charge in [0.15, 0.2) is 0 Å². The Labute approximate surface area is 278 Å². The first-order chi connectivity index (χ1) is 22.9. The van der Waals surface area contributed by atoms with Gasteiger partial charge in [-0.1, -0.05) is 60.7 Å². The number of fused-ring (bicyclic) bond motifs is 3. The van der Waals surface area contributed by atoms with E-state index in [1.165, 1.54) is 99.3 Å². The van der Waals surface area contributed by atoms with Crippen molar-refractivity contribution in [1.29, 1.82) is 0 Å². The van der Waals surface area contributed by atoms with Gasteiger partial charge in [0.05, 0.1) is 5.41 Å². The Kier molecular flexibility index (Phi) is 5.57. The Morgan fingerprint density at radius 2 is 0.851 bits per heavy atom. The van der Waals surface area contributed by atoms with Crippen LogP contribution in [-0.4, -0.2) is 0 Å². The van der Waals surface area contributed by atoms with Gasteiger partial charge < -0.3 is 0 Å². The maximum atomic E-state index is 14.8. The summed E-state index contributed by atoms with van der Waals surface area (Å²) in [5.74, 6) is 4.68. The molecule has 0 aliphatic heterocycles. The van der Waals surface area contributed by atoms with E-state index in [0.29, 0.717) is 0 Å². The quantitative estimate of drug-likeness (QED) is 0.187. The minimum absolute atomic E-state index is 0.173. The summed E-state index contributed by atoms with van der Waals surface area (Å²) in [5.41, 5.74) is 10.8. The van der Waals surface area contributed by atoms with Crippen LogP contribution in [-0.2, 0) is 16.2 Å². The van der Waals surface area contributed by atoms with Crippen LogP contribution in [0.25, 0.3) is 11.1 Å². The second-order valence-corrected chi connectivity index (χ2v) is 17.6. The van der Waals surface area contributed by atoms with Gasteiger partial charge in [0.25, 0.3) is 0 Å². The number of hydrogen-bond acceptors (Lipinski definition) is 0. The second kappa shape index (κ2) is 9.46. The minimum atomic E-state index is -0.635. The van der Waals surface area contributed by atoms with Crippen molar-refractivity contribution in [2.75, 3.05) is 0 Å². The van der Waals surface area contributed by atoms with Gasteiger partial charge in [-0.25, -0.2) is 8.78 Å². The molecule has 2 heteroatoms. The van der Waals surface area contributed by atoms with E-state index in [9.17, 15) is 8.78 Å². The van der Waals surface area contributed by atoms with Gasteiger partial charge in [0, 0.05) is 0 Å². The van der Waals surface area contributed by atoms with Gasteiger partial charge in [-0.2, -0.15) is 0 Å². The fourth-order valence-corrected chi connectivity index (χ4v) is 14.4. The molecule has 13 rings (SSSR count). The van der Waals surface area contributed by atoms with Gasteiger partial charge in [0.1, 0.15) is 11.6 Å². The van der Waals surface area contributed by atoms with Crippen LogP contribution in [0.5, 0.6) is 0 Å². The van der Waals surface area contributed by atoms with E-state index in [0.717, 1.165) is 46.6 Å². The summed E-state index contributed by atoms with van der Waals surface area (Å²) in [4.78, 5) is 0. The highest BCUT2D eigenvalue weighted by atomic mass is 19.1. The van der Waals surface area contributed by atoms with Gasteiger partial charge in [0.2, 0.25) is 0 Å². The molecule has 0 N–H and O–H groups in total. The molecule has 0 atom stereocenters. The van der Waals surface area contributed by atoms with E-state index >= 15 is 0 Å². The third-order valence-electron chi connectivity index (χ3n) is 14.9. The molecule has 47 heavy (non-hydrogen) atoms. The highest BCUT2D eigenvalue weighted by Gasteiger charge is 2.60. The maximum absolute atomic E-state index is 14.8. The average molecular weight is 623 g/mol. The fourth-order valence-electron chi connectivity index (χ4n) is 14.4. The highest BCUT2D eigenvalue weighted by molar-refractivity contribution is 5.88. The normalized spacial score (nSPS) is 36.5. The molecule has 9 aliphatic carbocycles. The summed E-state index contributed by atoms with van der Waals surface area (Å²) in [6, 6.07) is 28.9. The van der Waals surface area contributed by atoms with E-state index in [1.807, 2.05) is 24.3 Å². The average Bonchev–Trinajstić information content (AvgIpc) is 3.35. The van der Waals surface area contributed by atoms with Crippen LogP contribution in [0.3, 0.4) is 0 Å². The third-order valence-corrected chi connectivity index (χ3v) is 14.9. The van der Waals surface area contributed by atoms with Crippen LogP contribution in [0.1, 0.15) is 110 Å². The summed E-state index contributed by atoms with van der Waals surface area (Å²) in [7, 11) is 0. The van der Waals surface area contributed by atoms with Gasteiger partial charge in [-0.05, 0) is 192 Å². The van der Waals surface area contributed by atoms with Crippen molar-refractivity contribution >= 4 is 0 Å². The first-order valence-corrected chi connectivity index (χ1v) is 18.7. The smallest absolute Gasteiger partial charge is 0.123 e. The van der Waals surface area contributed by atoms with Crippen LogP contribution in [0, 0.1) is 47.1 Å². The largest absolute Gasteiger partial charge is 0.207 e. The second-order valence-electron chi connectivity index (χ2n) is 17.6. The molecule has 8 saturated carbocycles. The van der Waals surface area contributed by atoms with Crippen LogP contribution in [0.15, 0.2) is 84.9 Å². The Balaban J connectivity index is 1.28. The molecule has 0 spiro atoms. The SMILES string of the molecule is Fc1ccc(C2(c3ccc(F)cc3)c3ccccc3-c3ccc(C45CC6CC(CC(C6)C4)C5)c(C45CC6CC(CC(C6)C4)C5)c32)cc1. The summed E-state index contributed by atoms with van der Waals surface area (Å²) < 4.78 is 29.5. The summed E-state index contributed by atoms with van der Waals surface area (Å²) in [6.07, 6.45) is 16.6. The molecular weight excluding hydrogens is 578 g/mol. The highest BCUT2D eigenvalue weighted by Crippen LogP contribution is 2.69. The molecule has 4 aromatic rings. The molecule has 8 bridgehead atoms. The van der Waals surface area contributed by atoms with E-state index in [-0.39, 0.29) is 22.5 Å². The Morgan fingerprint density at radius 3 is 1.34 bits per heavy atom. The Morgan fingerprint density at radius 1 is 0.404 bits per heavy atom. The summed E-state index contributed by atoms with van der Waals surface area (Å²) >= 11 is 0. The third kappa shape index (κ3) is 3.69. The molecule has 0 nitrogen and oxygen atoms in total. The van der Waals surface area contributed by atoms with Crippen molar-refractivity contribution < 1.29 is 8.78 Å². The van der Waals surface area contributed by atoms with Gasteiger partial charge >= 0.3 is 0 Å². The van der Waals surface area contributed by atoms with Crippen molar-refractivity contribution in [3.8, 4) is 11.1 Å². The van der Waals surface area contributed by atoms with Crippen LogP contribution in [0.4, 0.5) is 8.78 Å².